The fraction of sp³-hybridized carbons (Fsp3) is 0.353. The first-order valence-corrected chi connectivity index (χ1v) is 7.13. The van der Waals surface area contributed by atoms with Crippen molar-refractivity contribution in [3.63, 3.8) is 0 Å². The molecule has 0 amide bonds. The zero-order valence-corrected chi connectivity index (χ0v) is 12.7. The Kier molecular flexibility index (Phi) is 5.28. The van der Waals surface area contributed by atoms with Gasteiger partial charge in [-0.2, -0.15) is 0 Å². The van der Waals surface area contributed by atoms with Gasteiger partial charge < -0.3 is 10.1 Å². The van der Waals surface area contributed by atoms with E-state index in [-0.39, 0.29) is 11.9 Å². The summed E-state index contributed by atoms with van der Waals surface area (Å²) in [5.41, 5.74) is 3.07. The molecule has 0 aliphatic carbocycles. The molecule has 21 heavy (non-hydrogen) atoms. The molecule has 0 aliphatic rings. The van der Waals surface area contributed by atoms with Crippen LogP contribution in [0.15, 0.2) is 36.5 Å². The van der Waals surface area contributed by atoms with Gasteiger partial charge in [0.2, 0.25) is 5.88 Å². The van der Waals surface area contributed by atoms with Crippen LogP contribution in [-0.2, 0) is 6.42 Å². The zero-order valence-electron chi connectivity index (χ0n) is 12.7. The van der Waals surface area contributed by atoms with E-state index in [0.29, 0.717) is 12.3 Å². The van der Waals surface area contributed by atoms with E-state index in [1.807, 2.05) is 32.0 Å². The van der Waals surface area contributed by atoms with Gasteiger partial charge in [0.15, 0.2) is 0 Å². The van der Waals surface area contributed by atoms with Crippen molar-refractivity contribution in [2.45, 2.75) is 26.3 Å². The van der Waals surface area contributed by atoms with Crippen LogP contribution in [0.1, 0.15) is 29.7 Å². The summed E-state index contributed by atoms with van der Waals surface area (Å²) in [7, 11) is 1.61. The Hall–Kier alpha value is -1.94. The maximum Gasteiger partial charge on any atom is 0.217 e. The third kappa shape index (κ3) is 3.79. The third-order valence-electron chi connectivity index (χ3n) is 3.56. The lowest BCUT2D eigenvalue weighted by atomic mass is 9.96. The number of aryl methyl sites for hydroxylation is 1. The highest BCUT2D eigenvalue weighted by Gasteiger charge is 2.17. The van der Waals surface area contributed by atoms with Crippen molar-refractivity contribution in [1.82, 2.24) is 10.3 Å². The minimum Gasteiger partial charge on any atom is -0.481 e. The molecule has 0 aliphatic heterocycles. The lowest BCUT2D eigenvalue weighted by Crippen LogP contribution is -2.24. The van der Waals surface area contributed by atoms with E-state index in [1.165, 1.54) is 6.07 Å². The van der Waals surface area contributed by atoms with Crippen molar-refractivity contribution >= 4 is 0 Å². The number of nitrogens with zero attached hydrogens (tertiary/aromatic N) is 1. The molecule has 1 aromatic heterocycles. The number of hydrogen-bond donors (Lipinski definition) is 1. The van der Waals surface area contributed by atoms with Gasteiger partial charge in [-0.1, -0.05) is 19.1 Å². The van der Waals surface area contributed by atoms with E-state index in [2.05, 4.69) is 10.3 Å². The average molecular weight is 288 g/mol. The monoisotopic (exact) mass is 288 g/mol. The molecule has 0 spiro atoms. The number of hydrogen-bond acceptors (Lipinski definition) is 3. The molecule has 4 heteroatoms. The van der Waals surface area contributed by atoms with E-state index >= 15 is 0 Å². The highest BCUT2D eigenvalue weighted by molar-refractivity contribution is 5.33. The van der Waals surface area contributed by atoms with Crippen LogP contribution in [0, 0.1) is 12.7 Å². The van der Waals surface area contributed by atoms with Gasteiger partial charge in [-0.15, -0.1) is 0 Å². The molecule has 0 bridgehead atoms. The summed E-state index contributed by atoms with van der Waals surface area (Å²) in [6, 6.07) is 8.83. The van der Waals surface area contributed by atoms with Crippen LogP contribution < -0.4 is 10.1 Å². The van der Waals surface area contributed by atoms with Gasteiger partial charge >= 0.3 is 0 Å². The molecule has 0 radical (unpaired) electrons. The third-order valence-corrected chi connectivity index (χ3v) is 3.56. The van der Waals surface area contributed by atoms with Crippen LogP contribution in [-0.4, -0.2) is 18.6 Å². The molecule has 0 saturated carbocycles. The van der Waals surface area contributed by atoms with E-state index in [1.54, 1.807) is 19.4 Å². The minimum atomic E-state index is -0.205. The van der Waals surface area contributed by atoms with E-state index in [9.17, 15) is 4.39 Å². The summed E-state index contributed by atoms with van der Waals surface area (Å²) >= 11 is 0. The molecule has 1 unspecified atom stereocenters. The summed E-state index contributed by atoms with van der Waals surface area (Å²) in [6.07, 6.45) is 2.40. The van der Waals surface area contributed by atoms with E-state index in [4.69, 9.17) is 4.74 Å². The molecule has 1 heterocycles. The second-order valence-electron chi connectivity index (χ2n) is 4.99. The molecule has 2 aromatic rings. The van der Waals surface area contributed by atoms with E-state index in [0.717, 1.165) is 23.2 Å². The largest absolute Gasteiger partial charge is 0.481 e. The summed E-state index contributed by atoms with van der Waals surface area (Å²) in [5, 5.41) is 3.43. The van der Waals surface area contributed by atoms with Gasteiger partial charge in [0.1, 0.15) is 5.82 Å². The first kappa shape index (κ1) is 15.4. The van der Waals surface area contributed by atoms with Gasteiger partial charge in [0.05, 0.1) is 7.11 Å². The number of ether oxygens (including phenoxy) is 1. The lowest BCUT2D eigenvalue weighted by molar-refractivity contribution is 0.382. The Balaban J connectivity index is 2.33. The van der Waals surface area contributed by atoms with Crippen LogP contribution in [0.4, 0.5) is 4.39 Å². The second-order valence-corrected chi connectivity index (χ2v) is 4.99. The summed E-state index contributed by atoms with van der Waals surface area (Å²) in [4.78, 5) is 4.25. The number of methoxy groups -OCH3 is 1. The topological polar surface area (TPSA) is 34.2 Å². The van der Waals surface area contributed by atoms with Crippen LogP contribution >= 0.6 is 0 Å². The van der Waals surface area contributed by atoms with Crippen LogP contribution in [0.25, 0.3) is 0 Å². The molecule has 3 nitrogen and oxygen atoms in total. The minimum absolute atomic E-state index is 0.0409. The van der Waals surface area contributed by atoms with Crippen LogP contribution in [0.3, 0.4) is 0 Å². The molecular weight excluding hydrogens is 267 g/mol. The van der Waals surface area contributed by atoms with Crippen LogP contribution in [0.5, 0.6) is 5.88 Å². The first-order chi connectivity index (χ1) is 10.2. The number of benzene rings is 1. The summed E-state index contributed by atoms with van der Waals surface area (Å²) < 4.78 is 18.8. The predicted octanol–water partition coefficient (Wildman–Crippen LogP) is 3.43. The summed E-state index contributed by atoms with van der Waals surface area (Å²) in [5.74, 6) is 0.404. The molecular formula is C17H21FN2O. The van der Waals surface area contributed by atoms with Gasteiger partial charge in [0.25, 0.3) is 0 Å². The molecule has 2 rings (SSSR count). The van der Waals surface area contributed by atoms with Crippen molar-refractivity contribution in [1.29, 1.82) is 0 Å². The van der Waals surface area contributed by atoms with Crippen molar-refractivity contribution in [3.8, 4) is 5.88 Å². The van der Waals surface area contributed by atoms with Crippen LogP contribution in [0.2, 0.25) is 0 Å². The number of likely N-dealkylation sites (N-methyl/N-ethyl adjacent to an activating group) is 1. The number of halogens is 1. The smallest absolute Gasteiger partial charge is 0.217 e. The normalized spacial score (nSPS) is 12.2. The van der Waals surface area contributed by atoms with E-state index < -0.39 is 0 Å². The fourth-order valence-corrected chi connectivity index (χ4v) is 2.46. The molecule has 1 aromatic carbocycles. The second kappa shape index (κ2) is 7.18. The Bertz CT molecular complexity index is 601. The van der Waals surface area contributed by atoms with Crippen molar-refractivity contribution < 1.29 is 9.13 Å². The predicted molar refractivity (Wildman–Crippen MR) is 82.0 cm³/mol. The van der Waals surface area contributed by atoms with Crippen molar-refractivity contribution in [3.05, 3.63) is 59.0 Å². The number of pyridine rings is 1. The standard InChI is InChI=1S/C17H21FN2O/c1-4-19-16(15-6-5-9-20-17(15)21-3)11-13-10-14(18)8-7-12(13)2/h5-10,16,19H,4,11H2,1-3H3. The van der Waals surface area contributed by atoms with Gasteiger partial charge in [-0.25, -0.2) is 9.37 Å². The highest BCUT2D eigenvalue weighted by Crippen LogP contribution is 2.26. The average Bonchev–Trinajstić information content (AvgIpc) is 2.50. The maximum absolute atomic E-state index is 13.5. The van der Waals surface area contributed by atoms with Gasteiger partial charge in [-0.05, 0) is 49.2 Å². The molecule has 1 atom stereocenters. The Morgan fingerprint density at radius 3 is 2.86 bits per heavy atom. The first-order valence-electron chi connectivity index (χ1n) is 7.13. The van der Waals surface area contributed by atoms with Gasteiger partial charge in [-0.3, -0.25) is 0 Å². The number of rotatable bonds is 6. The Morgan fingerprint density at radius 1 is 1.33 bits per heavy atom. The number of aromatic nitrogens is 1. The van der Waals surface area contributed by atoms with Crippen molar-refractivity contribution in [2.24, 2.45) is 0 Å². The molecule has 0 saturated heterocycles. The quantitative estimate of drug-likeness (QED) is 0.884. The Morgan fingerprint density at radius 2 is 2.14 bits per heavy atom. The van der Waals surface area contributed by atoms with Gasteiger partial charge in [0, 0.05) is 17.8 Å². The Labute approximate surface area is 125 Å². The zero-order chi connectivity index (χ0) is 15.2. The molecule has 112 valence electrons. The SMILES string of the molecule is CCNC(Cc1cc(F)ccc1C)c1cccnc1OC. The molecule has 0 fully saturated rings. The fourth-order valence-electron chi connectivity index (χ4n) is 2.46. The maximum atomic E-state index is 13.5. The summed E-state index contributed by atoms with van der Waals surface area (Å²) in [6.45, 7) is 4.86. The number of nitrogens with one attached hydrogen (secondary N) is 1. The van der Waals surface area contributed by atoms with Crippen molar-refractivity contribution in [2.75, 3.05) is 13.7 Å². The molecule has 1 N–H and O–H groups in total. The lowest BCUT2D eigenvalue weighted by Gasteiger charge is -2.21. The highest BCUT2D eigenvalue weighted by atomic mass is 19.1.